The fraction of sp³-hybridized carbons (Fsp3) is 0.172. The smallest absolute Gasteiger partial charge is 0.0279 e. The standard InChI is InChI=1S/C16H13.C9H7.C4H8Si2.2ClH.Zr/c1-12-10-14-8-5-9-15(16(14)11-12)13-6-3-2-4-7-13;1-2-5-9-7-3-6-8(9)4-1;1-2-6-4-3-5-1;;;/h2-11H,1H3;1-7H;1-4H2;2*1H;/q2*-1;;;;/p-2. The third-order valence-corrected chi connectivity index (χ3v) is 36.6. The first-order valence-corrected chi connectivity index (χ1v) is 22.7. The SMILES string of the molecule is C1C[Si]2=[Zr]=[Si]1CC2.Cc1cc2c(-c3ccccc3)cccc2[cH-]1.[Cl-].[Cl-].c1ccc2[cH-]ccc2c1. The third kappa shape index (κ3) is 6.71. The van der Waals surface area contributed by atoms with E-state index < -0.39 is 0 Å². The molecule has 2 aliphatic rings. The zero-order valence-corrected chi connectivity index (χ0v) is 25.4. The second kappa shape index (κ2) is 13.2. The number of fused-ring (bicyclic) bond motifs is 2. The van der Waals surface area contributed by atoms with Crippen molar-refractivity contribution in [1.29, 1.82) is 0 Å². The predicted octanol–water partition coefficient (Wildman–Crippen LogP) is 2.18. The molecular formula is C29H28Cl2Si2Zr-4. The summed E-state index contributed by atoms with van der Waals surface area (Å²) in [7, 11) is 0. The molecule has 174 valence electrons. The summed E-state index contributed by atoms with van der Waals surface area (Å²) < 4.78 is 0. The van der Waals surface area contributed by atoms with Gasteiger partial charge in [0.15, 0.2) is 0 Å². The predicted molar refractivity (Wildman–Crippen MR) is 140 cm³/mol. The molecule has 0 N–H and O–H groups in total. The normalized spacial score (nSPS) is 13.0. The van der Waals surface area contributed by atoms with Crippen LogP contribution in [0.2, 0.25) is 24.2 Å². The Morgan fingerprint density at radius 2 is 1.35 bits per heavy atom. The molecule has 34 heavy (non-hydrogen) atoms. The van der Waals surface area contributed by atoms with Gasteiger partial charge < -0.3 is 24.8 Å². The van der Waals surface area contributed by atoms with Gasteiger partial charge in [0.25, 0.3) is 0 Å². The van der Waals surface area contributed by atoms with Gasteiger partial charge in [0.1, 0.15) is 0 Å². The summed E-state index contributed by atoms with van der Waals surface area (Å²) in [6.45, 7) is 2.15. The van der Waals surface area contributed by atoms with Crippen molar-refractivity contribution in [3.05, 3.63) is 109 Å². The van der Waals surface area contributed by atoms with E-state index in [4.69, 9.17) is 0 Å². The molecule has 5 heteroatoms. The minimum atomic E-state index is 0. The van der Waals surface area contributed by atoms with Crippen LogP contribution in [-0.2, 0) is 20.5 Å². The summed E-state index contributed by atoms with van der Waals surface area (Å²) in [5.74, 6) is 0. The van der Waals surface area contributed by atoms with Crippen molar-refractivity contribution in [1.82, 2.24) is 0 Å². The van der Waals surface area contributed by atoms with Crippen LogP contribution in [0.25, 0.3) is 32.7 Å². The Balaban J connectivity index is 0.000000153. The molecule has 0 atom stereocenters. The van der Waals surface area contributed by atoms with Gasteiger partial charge in [-0.15, -0.1) is 64.2 Å². The molecule has 0 saturated heterocycles. The van der Waals surface area contributed by atoms with Crippen LogP contribution in [0.1, 0.15) is 5.56 Å². The summed E-state index contributed by atoms with van der Waals surface area (Å²) in [5.41, 5.74) is 5.02. The Morgan fingerprint density at radius 1 is 0.706 bits per heavy atom. The number of rotatable bonds is 1. The second-order valence-corrected chi connectivity index (χ2v) is 30.1. The Hall–Kier alpha value is -1.22. The molecule has 5 aromatic carbocycles. The maximum atomic E-state index is 2.26. The van der Waals surface area contributed by atoms with Crippen molar-refractivity contribution in [2.45, 2.75) is 31.1 Å². The van der Waals surface area contributed by atoms with Crippen molar-refractivity contribution in [2.75, 3.05) is 0 Å². The molecule has 0 fully saturated rings. The van der Waals surface area contributed by atoms with Crippen molar-refractivity contribution in [3.63, 3.8) is 0 Å². The molecule has 0 unspecified atom stereocenters. The van der Waals surface area contributed by atoms with E-state index in [-0.39, 0.29) is 24.8 Å². The number of halogens is 2. The molecule has 0 aliphatic carbocycles. The van der Waals surface area contributed by atoms with Gasteiger partial charge in [0.05, 0.1) is 0 Å². The van der Waals surface area contributed by atoms with Gasteiger partial charge in [-0.2, -0.15) is 23.6 Å². The molecule has 2 bridgehead atoms. The van der Waals surface area contributed by atoms with Crippen LogP contribution in [-0.4, -0.2) is 10.9 Å². The first kappa shape index (κ1) is 27.4. The Morgan fingerprint density at radius 3 is 2.00 bits per heavy atom. The van der Waals surface area contributed by atoms with Crippen LogP contribution >= 0.6 is 0 Å². The summed E-state index contributed by atoms with van der Waals surface area (Å²) in [5, 5.41) is 5.35. The van der Waals surface area contributed by atoms with Crippen LogP contribution in [0.15, 0.2) is 103 Å². The molecule has 7 rings (SSSR count). The van der Waals surface area contributed by atoms with Crippen molar-refractivity contribution >= 4 is 32.4 Å². The number of benzene rings is 3. The zero-order valence-electron chi connectivity index (χ0n) is 19.4. The Bertz CT molecular complexity index is 1370. The van der Waals surface area contributed by atoms with Crippen LogP contribution in [0, 0.1) is 6.92 Å². The fourth-order valence-corrected chi connectivity index (χ4v) is 47.2. The largest absolute Gasteiger partial charge is 1.00 e. The van der Waals surface area contributed by atoms with Gasteiger partial charge in [-0.1, -0.05) is 55.0 Å². The molecule has 0 saturated carbocycles. The van der Waals surface area contributed by atoms with E-state index >= 15 is 0 Å². The van der Waals surface area contributed by atoms with Crippen molar-refractivity contribution in [3.8, 4) is 11.1 Å². The molecule has 0 spiro atoms. The van der Waals surface area contributed by atoms with Crippen LogP contribution in [0.3, 0.4) is 0 Å². The summed E-state index contributed by atoms with van der Waals surface area (Å²) in [6.07, 6.45) is 0. The molecule has 5 aromatic rings. The van der Waals surface area contributed by atoms with Gasteiger partial charge in [-0.3, -0.25) is 0 Å². The van der Waals surface area contributed by atoms with Crippen LogP contribution < -0.4 is 24.8 Å². The van der Waals surface area contributed by atoms with E-state index in [0.717, 1.165) is 0 Å². The average molecular weight is 595 g/mol. The van der Waals surface area contributed by atoms with E-state index in [2.05, 4.69) is 110 Å². The van der Waals surface area contributed by atoms with Crippen molar-refractivity contribution < 1.29 is 45.3 Å². The Labute approximate surface area is 227 Å². The quantitative estimate of drug-likeness (QED) is 0.206. The van der Waals surface area contributed by atoms with Gasteiger partial charge in [-0.25, -0.2) is 0 Å². The van der Waals surface area contributed by atoms with E-state index in [0.29, 0.717) is 31.3 Å². The topological polar surface area (TPSA) is 0 Å². The maximum Gasteiger partial charge on any atom is -0.0279 e. The average Bonchev–Trinajstić information content (AvgIpc) is 3.64. The van der Waals surface area contributed by atoms with E-state index in [1.165, 1.54) is 38.2 Å². The number of aryl methyl sites for hydroxylation is 1. The molecular weight excluding hydrogens is 567 g/mol. The van der Waals surface area contributed by atoms with Gasteiger partial charge >= 0.3 is 55.5 Å². The zero-order chi connectivity index (χ0) is 21.8. The van der Waals surface area contributed by atoms with E-state index in [9.17, 15) is 0 Å². The Kier molecular flexibility index (Phi) is 10.6. The minimum absolute atomic E-state index is 0. The molecule has 0 nitrogen and oxygen atoms in total. The molecule has 0 amide bonds. The third-order valence-electron chi connectivity index (χ3n) is 6.34. The van der Waals surface area contributed by atoms with Crippen LogP contribution in [0.4, 0.5) is 0 Å². The van der Waals surface area contributed by atoms with E-state index in [1.54, 1.807) is 24.2 Å². The van der Waals surface area contributed by atoms with Gasteiger partial charge in [0, 0.05) is 0 Å². The van der Waals surface area contributed by atoms with Crippen LogP contribution in [0.5, 0.6) is 0 Å². The molecule has 2 aliphatic heterocycles. The second-order valence-electron chi connectivity index (χ2n) is 8.69. The van der Waals surface area contributed by atoms with Crippen molar-refractivity contribution in [2.24, 2.45) is 0 Å². The molecule has 0 aromatic heterocycles. The monoisotopic (exact) mass is 592 g/mol. The summed E-state index contributed by atoms with van der Waals surface area (Å²) in [6, 6.07) is 43.4. The fourth-order valence-electron chi connectivity index (χ4n) is 4.68. The first-order valence-electron chi connectivity index (χ1n) is 11.5. The summed E-state index contributed by atoms with van der Waals surface area (Å²) in [4.78, 5) is 0. The van der Waals surface area contributed by atoms with Gasteiger partial charge in [0.2, 0.25) is 0 Å². The van der Waals surface area contributed by atoms with Gasteiger partial charge in [-0.05, 0) is 5.56 Å². The number of hydrogen-bond acceptors (Lipinski definition) is 0. The minimum Gasteiger partial charge on any atom is -1.00 e. The molecule has 0 radical (unpaired) electrons. The summed E-state index contributed by atoms with van der Waals surface area (Å²) >= 11 is 0.465. The number of hydrogen-bond donors (Lipinski definition) is 0. The maximum absolute atomic E-state index is 2.26. The molecule has 2 heterocycles. The van der Waals surface area contributed by atoms with E-state index in [1.807, 2.05) is 0 Å². The first-order chi connectivity index (χ1) is 15.8.